The molecule has 8 heteroatoms. The van der Waals surface area contributed by atoms with Crippen LogP contribution in [0.5, 0.6) is 0 Å². The molecule has 0 heterocycles. The number of alkyl carbamates (subject to hydrolysis) is 2. The molecule has 0 saturated heterocycles. The fraction of sp³-hybridized carbons (Fsp3) is 0.940. The van der Waals surface area contributed by atoms with E-state index in [1.54, 1.807) is 0 Å². The van der Waals surface area contributed by atoms with E-state index in [4.69, 9.17) is 9.47 Å². The minimum Gasteiger partial charge on any atom is -0.444 e. The van der Waals surface area contributed by atoms with Crippen LogP contribution in [0.3, 0.4) is 0 Å². The highest BCUT2D eigenvalue weighted by atomic mass is 16.6. The number of amides is 2. The van der Waals surface area contributed by atoms with Gasteiger partial charge >= 0.3 is 12.2 Å². The molecule has 0 aromatic heterocycles. The third kappa shape index (κ3) is 40.9. The average molecular weight is 822 g/mol. The van der Waals surface area contributed by atoms with Crippen molar-refractivity contribution in [2.75, 3.05) is 33.2 Å². The van der Waals surface area contributed by atoms with Crippen molar-refractivity contribution in [2.45, 2.75) is 272 Å². The number of unbranched alkanes of at least 4 members (excludes halogenated alkanes) is 30. The van der Waals surface area contributed by atoms with Gasteiger partial charge in [0.05, 0.1) is 33.2 Å². The number of quaternary nitrogens is 1. The number of nitrogens with one attached hydrogen (secondary N) is 2. The van der Waals surface area contributed by atoms with E-state index >= 15 is 0 Å². The fourth-order valence-electron chi connectivity index (χ4n) is 7.73. The summed E-state index contributed by atoms with van der Waals surface area (Å²) in [6, 6.07) is 0. The Labute approximate surface area is 361 Å². The molecule has 0 aromatic carbocycles. The molecule has 0 aliphatic rings. The Morgan fingerprint density at radius 2 is 0.655 bits per heavy atom. The topological polar surface area (TPSA) is 89.0 Å². The third-order valence-corrected chi connectivity index (χ3v) is 11.3. The number of guanidine groups is 1. The summed E-state index contributed by atoms with van der Waals surface area (Å²) in [4.78, 5) is 30.0. The van der Waals surface area contributed by atoms with E-state index in [1.165, 1.54) is 205 Å². The second kappa shape index (κ2) is 37.0. The number of nitrogens with zero attached hydrogens (tertiary/aromatic N) is 2. The van der Waals surface area contributed by atoms with Crippen LogP contribution in [0.25, 0.3) is 0 Å². The van der Waals surface area contributed by atoms with Crippen molar-refractivity contribution in [1.29, 1.82) is 0 Å². The van der Waals surface area contributed by atoms with Crippen LogP contribution < -0.4 is 10.6 Å². The molecular weight excluding hydrogens is 721 g/mol. The number of carbonyl (C=O) groups is 2. The lowest BCUT2D eigenvalue weighted by Crippen LogP contribution is -2.49. The first-order valence-corrected chi connectivity index (χ1v) is 25.1. The van der Waals surface area contributed by atoms with Crippen LogP contribution >= 0.6 is 0 Å². The van der Waals surface area contributed by atoms with Crippen molar-refractivity contribution < 1.29 is 23.5 Å². The predicted molar refractivity (Wildman–Crippen MR) is 251 cm³/mol. The van der Waals surface area contributed by atoms with Gasteiger partial charge in [0.1, 0.15) is 11.2 Å². The van der Waals surface area contributed by atoms with Crippen molar-refractivity contribution in [2.24, 2.45) is 4.99 Å². The van der Waals surface area contributed by atoms with Gasteiger partial charge in [0.25, 0.3) is 0 Å². The number of carbonyl (C=O) groups excluding carboxylic acids is 2. The van der Waals surface area contributed by atoms with E-state index < -0.39 is 23.4 Å². The summed E-state index contributed by atoms with van der Waals surface area (Å²) in [6.07, 6.45) is 42.8. The van der Waals surface area contributed by atoms with Gasteiger partial charge in [-0.1, -0.05) is 194 Å². The quantitative estimate of drug-likeness (QED) is 0.0283. The smallest absolute Gasteiger partial charge is 0.414 e. The Morgan fingerprint density at radius 1 is 0.414 bits per heavy atom. The minimum atomic E-state index is -0.670. The van der Waals surface area contributed by atoms with Gasteiger partial charge in [0.2, 0.25) is 5.96 Å². The first-order valence-electron chi connectivity index (χ1n) is 25.1. The second-order valence-corrected chi connectivity index (χ2v) is 19.9. The molecule has 0 rings (SSSR count). The number of likely N-dealkylation sites (N-methyl/N-ethyl adjacent to an activating group) is 1. The first kappa shape index (κ1) is 56.2. The van der Waals surface area contributed by atoms with Crippen LogP contribution in [-0.4, -0.2) is 67.1 Å². The second-order valence-electron chi connectivity index (χ2n) is 19.9. The van der Waals surface area contributed by atoms with Crippen LogP contribution in [0.15, 0.2) is 4.99 Å². The largest absolute Gasteiger partial charge is 0.444 e. The maximum Gasteiger partial charge on any atom is 0.414 e. The number of hydrogen-bond acceptors (Lipinski definition) is 5. The van der Waals surface area contributed by atoms with Crippen LogP contribution in [0, 0.1) is 0 Å². The number of ether oxygens (including phenoxy) is 2. The van der Waals surface area contributed by atoms with Gasteiger partial charge in [-0.05, 0) is 67.2 Å². The van der Waals surface area contributed by atoms with Gasteiger partial charge < -0.3 is 14.0 Å². The van der Waals surface area contributed by atoms with Gasteiger partial charge in [-0.2, -0.15) is 0 Å². The number of hydrogen-bond donors (Lipinski definition) is 2. The van der Waals surface area contributed by atoms with E-state index in [2.05, 4.69) is 36.5 Å². The summed E-state index contributed by atoms with van der Waals surface area (Å²) < 4.78 is 11.9. The SMILES string of the molecule is CCCCCCCCCCCCCCCCCC[N+](C)(CCCCCCCCCCCCCCCCCC)CCN=C(NC(=O)OC(C)(C)C)NC(=O)OC(C)(C)C. The standard InChI is InChI=1S/C50H100N4O4/c1-10-12-14-16-18-20-22-24-26-28-30-32-34-36-38-40-43-54(9,44-41-39-37-35-33-31-29-27-25-23-21-19-17-15-13-11-2)45-42-51-46(52-47(55)57-49(3,4)5)53-48(56)58-50(6,7)8/h10-45H2,1-9H3,(H-,51,52,53,55,56)/p+1. The summed E-state index contributed by atoms with van der Waals surface area (Å²) >= 11 is 0. The molecule has 0 radical (unpaired) electrons. The van der Waals surface area contributed by atoms with Gasteiger partial charge in [0, 0.05) is 0 Å². The molecule has 2 N–H and O–H groups in total. The zero-order chi connectivity index (χ0) is 43.2. The molecule has 2 amide bonds. The third-order valence-electron chi connectivity index (χ3n) is 11.3. The van der Waals surface area contributed by atoms with Gasteiger partial charge in [-0.25, -0.2) is 14.6 Å². The summed E-state index contributed by atoms with van der Waals surface area (Å²) in [7, 11) is 2.37. The molecule has 0 aromatic rings. The number of rotatable bonds is 37. The molecule has 0 aliphatic carbocycles. The molecule has 0 aliphatic heterocycles. The summed E-state index contributed by atoms with van der Waals surface area (Å²) in [5, 5.41) is 5.30. The molecule has 0 spiro atoms. The number of aliphatic imine (C=N–C) groups is 1. The maximum absolute atomic E-state index is 12.6. The van der Waals surface area contributed by atoms with Crippen LogP contribution in [-0.2, 0) is 9.47 Å². The monoisotopic (exact) mass is 822 g/mol. The van der Waals surface area contributed by atoms with Crippen LogP contribution in [0.1, 0.15) is 261 Å². The lowest BCUT2D eigenvalue weighted by atomic mass is 10.0. The molecule has 0 saturated carbocycles. The molecule has 8 nitrogen and oxygen atoms in total. The average Bonchev–Trinajstić information content (AvgIpc) is 3.13. The Hall–Kier alpha value is -1.83. The molecule has 0 atom stereocenters. The maximum atomic E-state index is 12.6. The zero-order valence-electron chi connectivity index (χ0n) is 40.5. The molecule has 0 bridgehead atoms. The highest BCUT2D eigenvalue weighted by molar-refractivity contribution is 6.01. The highest BCUT2D eigenvalue weighted by Crippen LogP contribution is 2.18. The predicted octanol–water partition coefficient (Wildman–Crippen LogP) is 15.4. The summed E-state index contributed by atoms with van der Waals surface area (Å²) in [6.45, 7) is 19.0. The highest BCUT2D eigenvalue weighted by Gasteiger charge is 2.23. The molecule has 0 unspecified atom stereocenters. The Kier molecular flexibility index (Phi) is 35.8. The van der Waals surface area contributed by atoms with Crippen LogP contribution in [0.4, 0.5) is 9.59 Å². The lowest BCUT2D eigenvalue weighted by molar-refractivity contribution is -0.908. The van der Waals surface area contributed by atoms with E-state index in [9.17, 15) is 9.59 Å². The van der Waals surface area contributed by atoms with Crippen molar-refractivity contribution in [1.82, 2.24) is 10.6 Å². The van der Waals surface area contributed by atoms with E-state index in [-0.39, 0.29) is 5.96 Å². The Bertz CT molecular complexity index is 919. The molecule has 58 heavy (non-hydrogen) atoms. The van der Waals surface area contributed by atoms with Crippen molar-refractivity contribution in [3.05, 3.63) is 0 Å². The van der Waals surface area contributed by atoms with Gasteiger partial charge in [-0.3, -0.25) is 10.6 Å². The van der Waals surface area contributed by atoms with Gasteiger partial charge in [0.15, 0.2) is 0 Å². The van der Waals surface area contributed by atoms with Gasteiger partial charge in [-0.15, -0.1) is 0 Å². The summed E-state index contributed by atoms with van der Waals surface area (Å²) in [5.74, 6) is 0.0693. The van der Waals surface area contributed by atoms with E-state index in [1.807, 2.05) is 41.5 Å². The lowest BCUT2D eigenvalue weighted by Gasteiger charge is -2.34. The minimum absolute atomic E-state index is 0.0693. The van der Waals surface area contributed by atoms with Crippen molar-refractivity contribution in [3.8, 4) is 0 Å². The summed E-state index contributed by atoms with van der Waals surface area (Å²) in [5.41, 5.74) is -1.34. The molecule has 344 valence electrons. The van der Waals surface area contributed by atoms with Crippen molar-refractivity contribution >= 4 is 18.1 Å². The van der Waals surface area contributed by atoms with Crippen molar-refractivity contribution in [3.63, 3.8) is 0 Å². The Balaban J connectivity index is 4.85. The normalized spacial score (nSPS) is 12.1. The van der Waals surface area contributed by atoms with E-state index in [0.717, 1.165) is 24.1 Å². The molecule has 0 fully saturated rings. The first-order chi connectivity index (χ1) is 27.7. The van der Waals surface area contributed by atoms with Crippen LogP contribution in [0.2, 0.25) is 0 Å². The fourth-order valence-corrected chi connectivity index (χ4v) is 7.73. The molecular formula is C50H101N4O4+. The Morgan fingerprint density at radius 3 is 0.897 bits per heavy atom. The zero-order valence-corrected chi connectivity index (χ0v) is 40.5. The van der Waals surface area contributed by atoms with E-state index in [0.29, 0.717) is 6.54 Å².